The number of aryl methyl sites for hydroxylation is 2. The number of benzene rings is 2. The Morgan fingerprint density at radius 1 is 1.15 bits per heavy atom. The molecule has 0 aliphatic carbocycles. The monoisotopic (exact) mass is 365 g/mol. The van der Waals surface area contributed by atoms with Gasteiger partial charge in [0.05, 0.1) is 5.52 Å². The number of aromatic hydroxyl groups is 1. The Morgan fingerprint density at radius 2 is 1.96 bits per heavy atom. The molecule has 0 aliphatic heterocycles. The van der Waals surface area contributed by atoms with Gasteiger partial charge in [0, 0.05) is 28.5 Å². The van der Waals surface area contributed by atoms with Crippen molar-refractivity contribution in [2.45, 2.75) is 20.3 Å². The molecule has 2 heterocycles. The molecule has 0 unspecified atom stereocenters. The highest BCUT2D eigenvalue weighted by Crippen LogP contribution is 2.28. The van der Waals surface area contributed by atoms with E-state index in [1.165, 1.54) is 6.07 Å². The van der Waals surface area contributed by atoms with Gasteiger partial charge in [-0.05, 0) is 61.7 Å². The number of phenolic OH excluding ortho intramolecular Hbond substituents is 1. The molecule has 5 nitrogen and oxygen atoms in total. The van der Waals surface area contributed by atoms with E-state index >= 15 is 0 Å². The zero-order chi connectivity index (χ0) is 19.1. The van der Waals surface area contributed by atoms with Gasteiger partial charge in [-0.3, -0.25) is 4.79 Å². The second kappa shape index (κ2) is 6.46. The number of hydrogen-bond donors (Lipinski definition) is 4. The van der Waals surface area contributed by atoms with Crippen LogP contribution in [0.25, 0.3) is 21.8 Å². The highest BCUT2D eigenvalue weighted by atomic mass is 19.1. The predicted octanol–water partition coefficient (Wildman–Crippen LogP) is 4.08. The summed E-state index contributed by atoms with van der Waals surface area (Å²) in [5.74, 6) is -0.327. The molecular weight excluding hydrogens is 345 g/mol. The van der Waals surface area contributed by atoms with Crippen LogP contribution in [-0.4, -0.2) is 27.5 Å². The Kier molecular flexibility index (Phi) is 4.11. The number of carbonyl (C=O) groups excluding carboxylic acids is 1. The van der Waals surface area contributed by atoms with Gasteiger partial charge in [0.2, 0.25) is 0 Å². The van der Waals surface area contributed by atoms with Gasteiger partial charge < -0.3 is 20.4 Å². The van der Waals surface area contributed by atoms with Gasteiger partial charge in [0.15, 0.2) is 0 Å². The van der Waals surface area contributed by atoms with Crippen LogP contribution in [0, 0.1) is 19.7 Å². The van der Waals surface area contributed by atoms with Crippen molar-refractivity contribution in [1.82, 2.24) is 15.3 Å². The molecule has 0 atom stereocenters. The fourth-order valence-electron chi connectivity index (χ4n) is 3.59. The third kappa shape index (κ3) is 3.03. The fourth-order valence-corrected chi connectivity index (χ4v) is 3.59. The maximum absolute atomic E-state index is 14.0. The maximum atomic E-state index is 14.0. The number of carbonyl (C=O) groups is 1. The van der Waals surface area contributed by atoms with E-state index in [0.717, 1.165) is 33.1 Å². The van der Waals surface area contributed by atoms with Gasteiger partial charge >= 0.3 is 0 Å². The Labute approximate surface area is 155 Å². The molecule has 4 aromatic rings. The van der Waals surface area contributed by atoms with Crippen LogP contribution >= 0.6 is 0 Å². The zero-order valence-corrected chi connectivity index (χ0v) is 15.1. The summed E-state index contributed by atoms with van der Waals surface area (Å²) < 4.78 is 14.0. The van der Waals surface area contributed by atoms with Crippen molar-refractivity contribution < 1.29 is 14.3 Å². The van der Waals surface area contributed by atoms with Crippen molar-refractivity contribution >= 4 is 27.7 Å². The molecule has 2 aromatic heterocycles. The van der Waals surface area contributed by atoms with Crippen LogP contribution in [0.3, 0.4) is 0 Å². The van der Waals surface area contributed by atoms with Crippen molar-refractivity contribution in [3.8, 4) is 5.75 Å². The first-order valence-corrected chi connectivity index (χ1v) is 8.80. The van der Waals surface area contributed by atoms with Gasteiger partial charge in [-0.2, -0.15) is 0 Å². The Morgan fingerprint density at radius 3 is 2.78 bits per heavy atom. The number of hydrogen-bond acceptors (Lipinski definition) is 2. The van der Waals surface area contributed by atoms with Gasteiger partial charge in [0.1, 0.15) is 17.3 Å². The molecule has 0 aliphatic rings. The number of phenols is 1. The quantitative estimate of drug-likeness (QED) is 0.439. The van der Waals surface area contributed by atoms with Crippen molar-refractivity contribution in [2.24, 2.45) is 0 Å². The highest BCUT2D eigenvalue weighted by molar-refractivity contribution is 5.98. The first kappa shape index (κ1) is 17.1. The Bertz CT molecular complexity index is 1170. The minimum absolute atomic E-state index is 0.158. The average Bonchev–Trinajstić information content (AvgIpc) is 3.20. The van der Waals surface area contributed by atoms with Crippen LogP contribution in [0.1, 0.15) is 27.3 Å². The molecule has 6 heteroatoms. The van der Waals surface area contributed by atoms with E-state index in [1.807, 2.05) is 13.8 Å². The fraction of sp³-hybridized carbons (Fsp3) is 0.190. The normalized spacial score (nSPS) is 11.4. The summed E-state index contributed by atoms with van der Waals surface area (Å²) in [6, 6.07) is 9.85. The zero-order valence-electron chi connectivity index (χ0n) is 15.1. The smallest absolute Gasteiger partial charge is 0.267 e. The van der Waals surface area contributed by atoms with E-state index in [1.54, 1.807) is 30.3 Å². The number of halogens is 1. The lowest BCUT2D eigenvalue weighted by Gasteiger charge is -2.06. The molecule has 4 rings (SSSR count). The van der Waals surface area contributed by atoms with Crippen LogP contribution in [-0.2, 0) is 6.42 Å². The Hall–Kier alpha value is -3.28. The third-order valence-electron chi connectivity index (χ3n) is 4.94. The summed E-state index contributed by atoms with van der Waals surface area (Å²) >= 11 is 0. The molecule has 4 N–H and O–H groups in total. The van der Waals surface area contributed by atoms with E-state index in [4.69, 9.17) is 0 Å². The van der Waals surface area contributed by atoms with E-state index in [0.29, 0.717) is 24.2 Å². The third-order valence-corrected chi connectivity index (χ3v) is 4.94. The molecule has 0 spiro atoms. The lowest BCUT2D eigenvalue weighted by molar-refractivity contribution is 0.0950. The molecule has 0 saturated heterocycles. The average molecular weight is 365 g/mol. The largest absolute Gasteiger partial charge is 0.508 e. The second-order valence-corrected chi connectivity index (χ2v) is 6.80. The first-order chi connectivity index (χ1) is 12.9. The number of nitrogens with one attached hydrogen (secondary N) is 3. The van der Waals surface area contributed by atoms with Gasteiger partial charge in [0.25, 0.3) is 5.91 Å². The van der Waals surface area contributed by atoms with Crippen LogP contribution in [0.4, 0.5) is 4.39 Å². The van der Waals surface area contributed by atoms with Crippen LogP contribution in [0.15, 0.2) is 36.4 Å². The number of rotatable bonds is 4. The van der Waals surface area contributed by atoms with E-state index < -0.39 is 0 Å². The molecule has 27 heavy (non-hydrogen) atoms. The number of aromatic nitrogens is 2. The van der Waals surface area contributed by atoms with E-state index in [9.17, 15) is 14.3 Å². The maximum Gasteiger partial charge on any atom is 0.267 e. The minimum Gasteiger partial charge on any atom is -0.508 e. The summed E-state index contributed by atoms with van der Waals surface area (Å²) in [7, 11) is 0. The predicted molar refractivity (Wildman–Crippen MR) is 104 cm³/mol. The summed E-state index contributed by atoms with van der Waals surface area (Å²) in [4.78, 5) is 18.6. The SMILES string of the molecule is Cc1[nH]c2c(F)ccc(C)c2c1CCNC(=O)c1cc2cc(O)ccc2[nH]1. The molecule has 2 aromatic carbocycles. The molecule has 0 saturated carbocycles. The first-order valence-electron chi connectivity index (χ1n) is 8.80. The van der Waals surface area contributed by atoms with Crippen LogP contribution < -0.4 is 5.32 Å². The van der Waals surface area contributed by atoms with Crippen molar-refractivity contribution in [2.75, 3.05) is 6.54 Å². The van der Waals surface area contributed by atoms with Crippen LogP contribution in [0.5, 0.6) is 5.75 Å². The van der Waals surface area contributed by atoms with Gasteiger partial charge in [-0.1, -0.05) is 6.07 Å². The summed E-state index contributed by atoms with van der Waals surface area (Å²) in [5, 5.41) is 14.1. The molecule has 0 radical (unpaired) electrons. The van der Waals surface area contributed by atoms with Crippen LogP contribution in [0.2, 0.25) is 0 Å². The molecule has 0 fully saturated rings. The van der Waals surface area contributed by atoms with Crippen molar-refractivity contribution in [3.05, 3.63) is 64.7 Å². The van der Waals surface area contributed by atoms with E-state index in [2.05, 4.69) is 15.3 Å². The topological polar surface area (TPSA) is 80.9 Å². The minimum atomic E-state index is -0.268. The molecule has 0 bridgehead atoms. The summed E-state index contributed by atoms with van der Waals surface area (Å²) in [5.41, 5.74) is 4.68. The number of H-pyrrole nitrogens is 2. The van der Waals surface area contributed by atoms with Crippen molar-refractivity contribution in [3.63, 3.8) is 0 Å². The lowest BCUT2D eigenvalue weighted by atomic mass is 10.0. The lowest BCUT2D eigenvalue weighted by Crippen LogP contribution is -2.26. The Balaban J connectivity index is 1.51. The summed E-state index contributed by atoms with van der Waals surface area (Å²) in [6.45, 7) is 4.31. The highest BCUT2D eigenvalue weighted by Gasteiger charge is 2.15. The number of fused-ring (bicyclic) bond motifs is 2. The van der Waals surface area contributed by atoms with Gasteiger partial charge in [-0.15, -0.1) is 0 Å². The molecule has 138 valence electrons. The number of aromatic amines is 2. The van der Waals surface area contributed by atoms with E-state index in [-0.39, 0.29) is 17.5 Å². The van der Waals surface area contributed by atoms with Crippen molar-refractivity contribution in [1.29, 1.82) is 0 Å². The standard InChI is InChI=1S/C21H20FN3O2/c1-11-3-5-16(22)20-19(11)15(12(2)24-20)7-8-23-21(27)18-10-13-9-14(26)4-6-17(13)25-18/h3-6,9-10,24-26H,7-8H2,1-2H3,(H,23,27). The molecule has 1 amide bonds. The van der Waals surface area contributed by atoms with Gasteiger partial charge in [-0.25, -0.2) is 4.39 Å². The summed E-state index contributed by atoms with van der Waals surface area (Å²) in [6.07, 6.45) is 0.600. The second-order valence-electron chi connectivity index (χ2n) is 6.80. The molecular formula is C21H20FN3O2. The number of amides is 1.